The first-order chi connectivity index (χ1) is 10.1. The molecule has 0 aliphatic heterocycles. The van der Waals surface area contributed by atoms with Gasteiger partial charge < -0.3 is 10.1 Å². The minimum Gasteiger partial charge on any atom is -0.496 e. The van der Waals surface area contributed by atoms with Gasteiger partial charge in [-0.2, -0.15) is 0 Å². The van der Waals surface area contributed by atoms with Crippen molar-refractivity contribution < 1.29 is 4.74 Å². The summed E-state index contributed by atoms with van der Waals surface area (Å²) in [5, 5.41) is 6.35. The molecular formula is C19H25NO. The molecular weight excluding hydrogens is 258 g/mol. The molecule has 1 aliphatic carbocycles. The van der Waals surface area contributed by atoms with Crippen LogP contribution in [-0.4, -0.2) is 13.2 Å². The number of fused-ring (bicyclic) bond motifs is 1. The van der Waals surface area contributed by atoms with Gasteiger partial charge in [-0.3, -0.25) is 0 Å². The van der Waals surface area contributed by atoms with E-state index in [2.05, 4.69) is 55.6 Å². The first-order valence-electron chi connectivity index (χ1n) is 7.90. The maximum absolute atomic E-state index is 5.58. The van der Waals surface area contributed by atoms with Crippen LogP contribution in [0.15, 0.2) is 36.4 Å². The number of hydrogen-bond acceptors (Lipinski definition) is 2. The maximum atomic E-state index is 5.58. The van der Waals surface area contributed by atoms with E-state index in [0.717, 1.165) is 12.3 Å². The Morgan fingerprint density at radius 1 is 1.19 bits per heavy atom. The summed E-state index contributed by atoms with van der Waals surface area (Å²) in [4.78, 5) is 0. The van der Waals surface area contributed by atoms with Gasteiger partial charge in [0.05, 0.1) is 7.11 Å². The van der Waals surface area contributed by atoms with Crippen LogP contribution in [0.5, 0.6) is 5.75 Å². The Bertz CT molecular complexity index is 632. The van der Waals surface area contributed by atoms with E-state index >= 15 is 0 Å². The molecule has 0 aromatic heterocycles. The molecule has 1 N–H and O–H groups in total. The van der Waals surface area contributed by atoms with E-state index in [0.29, 0.717) is 11.5 Å². The lowest BCUT2D eigenvalue weighted by atomic mass is 9.87. The van der Waals surface area contributed by atoms with Crippen LogP contribution < -0.4 is 10.1 Å². The molecule has 1 unspecified atom stereocenters. The lowest BCUT2D eigenvalue weighted by Crippen LogP contribution is -2.37. The van der Waals surface area contributed by atoms with Crippen LogP contribution in [0.4, 0.5) is 0 Å². The normalized spacial score (nSPS) is 20.8. The third-order valence-electron chi connectivity index (χ3n) is 5.00. The fourth-order valence-electron chi connectivity index (χ4n) is 3.62. The molecule has 0 amide bonds. The second-order valence-corrected chi connectivity index (χ2v) is 6.78. The molecule has 2 nitrogen and oxygen atoms in total. The summed E-state index contributed by atoms with van der Waals surface area (Å²) >= 11 is 0. The smallest absolute Gasteiger partial charge is 0.123 e. The van der Waals surface area contributed by atoms with Gasteiger partial charge in [0.25, 0.3) is 0 Å². The minimum absolute atomic E-state index is 0.401. The quantitative estimate of drug-likeness (QED) is 0.891. The van der Waals surface area contributed by atoms with E-state index in [-0.39, 0.29) is 0 Å². The fourth-order valence-corrected chi connectivity index (χ4v) is 3.62. The van der Waals surface area contributed by atoms with Gasteiger partial charge in [0, 0.05) is 18.2 Å². The van der Waals surface area contributed by atoms with Crippen LogP contribution in [0.25, 0.3) is 10.8 Å². The van der Waals surface area contributed by atoms with Crippen molar-refractivity contribution >= 4 is 10.8 Å². The average molecular weight is 283 g/mol. The minimum atomic E-state index is 0.401. The average Bonchev–Trinajstić information content (AvgIpc) is 2.83. The van der Waals surface area contributed by atoms with Gasteiger partial charge in [-0.25, -0.2) is 0 Å². The van der Waals surface area contributed by atoms with E-state index in [1.54, 1.807) is 7.11 Å². The van der Waals surface area contributed by atoms with Gasteiger partial charge in [-0.05, 0) is 35.1 Å². The van der Waals surface area contributed by atoms with Crippen LogP contribution in [-0.2, 0) is 6.54 Å². The van der Waals surface area contributed by atoms with Gasteiger partial charge in [-0.15, -0.1) is 0 Å². The Morgan fingerprint density at radius 3 is 2.71 bits per heavy atom. The number of rotatable bonds is 4. The van der Waals surface area contributed by atoms with Crippen molar-refractivity contribution in [3.63, 3.8) is 0 Å². The highest BCUT2D eigenvalue weighted by atomic mass is 16.5. The third kappa shape index (κ3) is 2.77. The Morgan fingerprint density at radius 2 is 2.00 bits per heavy atom. The summed E-state index contributed by atoms with van der Waals surface area (Å²) < 4.78 is 5.58. The highest BCUT2D eigenvalue weighted by Gasteiger charge is 2.34. The number of ether oxygens (including phenoxy) is 1. The van der Waals surface area contributed by atoms with E-state index in [9.17, 15) is 0 Å². The highest BCUT2D eigenvalue weighted by molar-refractivity contribution is 5.87. The first-order valence-corrected chi connectivity index (χ1v) is 7.90. The molecule has 0 heterocycles. The number of methoxy groups -OCH3 is 1. The van der Waals surface area contributed by atoms with Crippen LogP contribution in [0.2, 0.25) is 0 Å². The second-order valence-electron chi connectivity index (χ2n) is 6.78. The van der Waals surface area contributed by atoms with Crippen molar-refractivity contribution in [2.75, 3.05) is 7.11 Å². The predicted octanol–water partition coefficient (Wildman–Crippen LogP) is 4.52. The summed E-state index contributed by atoms with van der Waals surface area (Å²) in [5.41, 5.74) is 1.68. The molecule has 3 rings (SSSR count). The largest absolute Gasteiger partial charge is 0.496 e. The first kappa shape index (κ1) is 14.4. The van der Waals surface area contributed by atoms with Crippen molar-refractivity contribution in [3.8, 4) is 5.75 Å². The topological polar surface area (TPSA) is 21.3 Å². The Balaban J connectivity index is 1.89. The monoisotopic (exact) mass is 283 g/mol. The van der Waals surface area contributed by atoms with E-state index < -0.39 is 0 Å². The van der Waals surface area contributed by atoms with Crippen molar-refractivity contribution in [2.45, 2.75) is 45.7 Å². The van der Waals surface area contributed by atoms with Gasteiger partial charge in [0.1, 0.15) is 5.75 Å². The molecule has 2 heteroatoms. The Hall–Kier alpha value is -1.54. The zero-order valence-corrected chi connectivity index (χ0v) is 13.3. The van der Waals surface area contributed by atoms with E-state index in [4.69, 9.17) is 4.74 Å². The lowest BCUT2D eigenvalue weighted by Gasteiger charge is -2.28. The summed E-state index contributed by atoms with van der Waals surface area (Å²) in [6.07, 6.45) is 3.93. The van der Waals surface area contributed by atoms with Crippen LogP contribution in [0, 0.1) is 5.41 Å². The summed E-state index contributed by atoms with van der Waals surface area (Å²) in [7, 11) is 1.76. The molecule has 1 aliphatic rings. The molecule has 112 valence electrons. The molecule has 0 spiro atoms. The molecule has 1 atom stereocenters. The van der Waals surface area contributed by atoms with Crippen molar-refractivity contribution in [1.29, 1.82) is 0 Å². The fraction of sp³-hybridized carbons (Fsp3) is 0.474. The van der Waals surface area contributed by atoms with Crippen LogP contribution in [0.1, 0.15) is 38.7 Å². The highest BCUT2D eigenvalue weighted by Crippen LogP contribution is 2.38. The molecule has 1 saturated carbocycles. The van der Waals surface area contributed by atoms with Crippen molar-refractivity contribution in [3.05, 3.63) is 42.0 Å². The predicted molar refractivity (Wildman–Crippen MR) is 88.8 cm³/mol. The zero-order valence-electron chi connectivity index (χ0n) is 13.3. The van der Waals surface area contributed by atoms with Crippen molar-refractivity contribution in [1.82, 2.24) is 5.32 Å². The summed E-state index contributed by atoms with van der Waals surface area (Å²) in [6, 6.07) is 13.4. The van der Waals surface area contributed by atoms with Crippen molar-refractivity contribution in [2.24, 2.45) is 5.41 Å². The molecule has 0 saturated heterocycles. The summed E-state index contributed by atoms with van der Waals surface area (Å²) in [6.45, 7) is 5.62. The van der Waals surface area contributed by atoms with Gasteiger partial charge in [0.15, 0.2) is 0 Å². The SMILES string of the molecule is COc1ccc2ccccc2c1CNC1CCCC1(C)C. The van der Waals surface area contributed by atoms with E-state index in [1.165, 1.54) is 35.6 Å². The lowest BCUT2D eigenvalue weighted by molar-refractivity contribution is 0.281. The zero-order chi connectivity index (χ0) is 14.9. The Kier molecular flexibility index (Phi) is 3.90. The number of benzene rings is 2. The second kappa shape index (κ2) is 5.69. The maximum Gasteiger partial charge on any atom is 0.123 e. The third-order valence-corrected chi connectivity index (χ3v) is 5.00. The van der Waals surface area contributed by atoms with Crippen LogP contribution >= 0.6 is 0 Å². The summed E-state index contributed by atoms with van der Waals surface area (Å²) in [5.74, 6) is 0.983. The van der Waals surface area contributed by atoms with E-state index in [1.807, 2.05) is 0 Å². The molecule has 2 aromatic carbocycles. The molecule has 2 aromatic rings. The molecule has 1 fully saturated rings. The molecule has 0 bridgehead atoms. The number of nitrogens with one attached hydrogen (secondary N) is 1. The standard InChI is InChI=1S/C19H25NO/c1-19(2)12-6-9-18(19)20-13-16-15-8-5-4-7-14(15)10-11-17(16)21-3/h4-5,7-8,10-11,18,20H,6,9,12-13H2,1-3H3. The van der Waals surface area contributed by atoms with Gasteiger partial charge in [0.2, 0.25) is 0 Å². The Labute approximate surface area is 127 Å². The van der Waals surface area contributed by atoms with Crippen LogP contribution in [0.3, 0.4) is 0 Å². The van der Waals surface area contributed by atoms with Gasteiger partial charge in [-0.1, -0.05) is 50.6 Å². The van der Waals surface area contributed by atoms with Gasteiger partial charge >= 0.3 is 0 Å². The molecule has 21 heavy (non-hydrogen) atoms. The number of hydrogen-bond donors (Lipinski definition) is 1. The molecule has 0 radical (unpaired) electrons.